The van der Waals surface area contributed by atoms with Gasteiger partial charge in [0.25, 0.3) is 0 Å². The summed E-state index contributed by atoms with van der Waals surface area (Å²) in [5.74, 6) is -0.728. The predicted octanol–water partition coefficient (Wildman–Crippen LogP) is 1.91. The first-order chi connectivity index (χ1) is 7.24. The van der Waals surface area contributed by atoms with Crippen LogP contribution in [0.25, 0.3) is 0 Å². The summed E-state index contributed by atoms with van der Waals surface area (Å²) in [5, 5.41) is 9.12. The van der Waals surface area contributed by atoms with Crippen molar-refractivity contribution < 1.29 is 9.90 Å². The number of carbonyl (C=O) groups is 1. The number of hydrogen-bond acceptors (Lipinski definition) is 2. The molecule has 1 aliphatic rings. The minimum absolute atomic E-state index is 0.381. The van der Waals surface area contributed by atoms with E-state index in [2.05, 4.69) is 6.07 Å². The zero-order valence-corrected chi connectivity index (χ0v) is 8.81. The van der Waals surface area contributed by atoms with E-state index in [0.717, 1.165) is 18.7 Å². The second-order valence-electron chi connectivity index (χ2n) is 3.83. The summed E-state index contributed by atoms with van der Waals surface area (Å²) in [6, 6.07) is 7.67. The van der Waals surface area contributed by atoms with Crippen LogP contribution in [0.15, 0.2) is 24.3 Å². The van der Waals surface area contributed by atoms with Crippen LogP contribution in [0.3, 0.4) is 0 Å². The van der Waals surface area contributed by atoms with Gasteiger partial charge >= 0.3 is 5.97 Å². The lowest BCUT2D eigenvalue weighted by molar-refractivity contribution is -0.138. The summed E-state index contributed by atoms with van der Waals surface area (Å²) >= 11 is 0. The van der Waals surface area contributed by atoms with Gasteiger partial charge in [-0.3, -0.25) is 0 Å². The van der Waals surface area contributed by atoms with Crippen LogP contribution in [-0.2, 0) is 11.2 Å². The van der Waals surface area contributed by atoms with Gasteiger partial charge in [0.05, 0.1) is 0 Å². The molecule has 0 amide bonds. The molecule has 0 aliphatic carbocycles. The van der Waals surface area contributed by atoms with Gasteiger partial charge in [0.15, 0.2) is 0 Å². The topological polar surface area (TPSA) is 40.5 Å². The molecule has 80 valence electrons. The molecule has 1 aromatic carbocycles. The molecule has 1 atom stereocenters. The quantitative estimate of drug-likeness (QED) is 0.819. The highest BCUT2D eigenvalue weighted by atomic mass is 16.4. The predicted molar refractivity (Wildman–Crippen MR) is 59.2 cm³/mol. The third-order valence-electron chi connectivity index (χ3n) is 2.97. The van der Waals surface area contributed by atoms with E-state index in [1.807, 2.05) is 30.0 Å². The minimum atomic E-state index is -0.728. The molecule has 1 heterocycles. The molecule has 0 aromatic heterocycles. The van der Waals surface area contributed by atoms with Gasteiger partial charge in [0, 0.05) is 12.2 Å². The molecule has 1 N–H and O–H groups in total. The molecule has 0 bridgehead atoms. The van der Waals surface area contributed by atoms with Crippen LogP contribution in [0, 0.1) is 0 Å². The molecule has 0 spiro atoms. The number of anilines is 1. The molecule has 1 aliphatic heterocycles. The lowest BCUT2D eigenvalue weighted by atomic mass is 10.1. The SMILES string of the molecule is CCC(C(=O)O)N1CCc2ccccc21. The first-order valence-corrected chi connectivity index (χ1v) is 5.31. The second-order valence-corrected chi connectivity index (χ2v) is 3.83. The van der Waals surface area contributed by atoms with Crippen LogP contribution in [0.4, 0.5) is 5.69 Å². The highest BCUT2D eigenvalue weighted by molar-refractivity contribution is 5.79. The summed E-state index contributed by atoms with van der Waals surface area (Å²) in [7, 11) is 0. The summed E-state index contributed by atoms with van der Waals surface area (Å²) in [6.07, 6.45) is 1.60. The van der Waals surface area contributed by atoms with Crippen molar-refractivity contribution in [1.29, 1.82) is 0 Å². The molecular weight excluding hydrogens is 190 g/mol. The Balaban J connectivity index is 2.30. The highest BCUT2D eigenvalue weighted by Crippen LogP contribution is 2.29. The number of aliphatic carboxylic acids is 1. The van der Waals surface area contributed by atoms with E-state index >= 15 is 0 Å². The second kappa shape index (κ2) is 3.93. The fourth-order valence-corrected chi connectivity index (χ4v) is 2.22. The smallest absolute Gasteiger partial charge is 0.326 e. The summed E-state index contributed by atoms with van der Waals surface area (Å²) in [4.78, 5) is 13.1. The molecule has 3 heteroatoms. The molecule has 3 nitrogen and oxygen atoms in total. The maximum Gasteiger partial charge on any atom is 0.326 e. The van der Waals surface area contributed by atoms with Crippen molar-refractivity contribution in [2.24, 2.45) is 0 Å². The zero-order chi connectivity index (χ0) is 10.8. The third kappa shape index (κ3) is 1.69. The van der Waals surface area contributed by atoms with Crippen molar-refractivity contribution in [1.82, 2.24) is 0 Å². The average molecular weight is 205 g/mol. The Labute approximate surface area is 89.3 Å². The van der Waals surface area contributed by atoms with Gasteiger partial charge in [-0.05, 0) is 24.5 Å². The zero-order valence-electron chi connectivity index (χ0n) is 8.81. The van der Waals surface area contributed by atoms with Crippen molar-refractivity contribution in [3.63, 3.8) is 0 Å². The average Bonchev–Trinajstić information content (AvgIpc) is 2.63. The molecule has 2 rings (SSSR count). The lowest BCUT2D eigenvalue weighted by Gasteiger charge is -2.25. The number of para-hydroxylation sites is 1. The Morgan fingerprint density at radius 1 is 1.53 bits per heavy atom. The Bertz CT molecular complexity index is 376. The first kappa shape index (κ1) is 10.0. The summed E-state index contributed by atoms with van der Waals surface area (Å²) in [5.41, 5.74) is 2.35. The van der Waals surface area contributed by atoms with Crippen LogP contribution >= 0.6 is 0 Å². The van der Waals surface area contributed by atoms with Gasteiger partial charge in [-0.15, -0.1) is 0 Å². The molecule has 0 saturated heterocycles. The van der Waals surface area contributed by atoms with Gasteiger partial charge < -0.3 is 10.0 Å². The van der Waals surface area contributed by atoms with Gasteiger partial charge in [-0.1, -0.05) is 25.1 Å². The maximum absolute atomic E-state index is 11.1. The van der Waals surface area contributed by atoms with Crippen molar-refractivity contribution >= 4 is 11.7 Å². The largest absolute Gasteiger partial charge is 0.480 e. The van der Waals surface area contributed by atoms with Gasteiger partial charge in [-0.25, -0.2) is 4.79 Å². The Kier molecular flexibility index (Phi) is 2.62. The van der Waals surface area contributed by atoms with Crippen molar-refractivity contribution in [3.05, 3.63) is 29.8 Å². The van der Waals surface area contributed by atoms with E-state index < -0.39 is 5.97 Å². The third-order valence-corrected chi connectivity index (χ3v) is 2.97. The normalized spacial score (nSPS) is 16.2. The number of rotatable bonds is 3. The molecule has 0 saturated carbocycles. The standard InChI is InChI=1S/C12H15NO2/c1-2-10(12(14)15)13-8-7-9-5-3-4-6-11(9)13/h3-6,10H,2,7-8H2,1H3,(H,14,15). The summed E-state index contributed by atoms with van der Waals surface area (Å²) < 4.78 is 0. The van der Waals surface area contributed by atoms with E-state index in [-0.39, 0.29) is 6.04 Å². The van der Waals surface area contributed by atoms with E-state index in [1.54, 1.807) is 0 Å². The first-order valence-electron chi connectivity index (χ1n) is 5.31. The van der Waals surface area contributed by atoms with Gasteiger partial charge in [-0.2, -0.15) is 0 Å². The summed E-state index contributed by atoms with van der Waals surface area (Å²) in [6.45, 7) is 2.74. The van der Waals surface area contributed by atoms with Crippen molar-refractivity contribution in [2.75, 3.05) is 11.4 Å². The fourth-order valence-electron chi connectivity index (χ4n) is 2.22. The number of carboxylic acids is 1. The maximum atomic E-state index is 11.1. The van der Waals surface area contributed by atoms with Crippen LogP contribution in [-0.4, -0.2) is 23.7 Å². The molecule has 0 radical (unpaired) electrons. The van der Waals surface area contributed by atoms with Crippen LogP contribution in [0.1, 0.15) is 18.9 Å². The fraction of sp³-hybridized carbons (Fsp3) is 0.417. The Morgan fingerprint density at radius 2 is 2.27 bits per heavy atom. The van der Waals surface area contributed by atoms with E-state index in [1.165, 1.54) is 5.56 Å². The van der Waals surface area contributed by atoms with Crippen LogP contribution < -0.4 is 4.90 Å². The van der Waals surface area contributed by atoms with Gasteiger partial charge in [0.2, 0.25) is 0 Å². The molecule has 1 aromatic rings. The van der Waals surface area contributed by atoms with Crippen molar-refractivity contribution in [2.45, 2.75) is 25.8 Å². The van der Waals surface area contributed by atoms with Crippen LogP contribution in [0.5, 0.6) is 0 Å². The number of fused-ring (bicyclic) bond motifs is 1. The molecule has 1 unspecified atom stereocenters. The van der Waals surface area contributed by atoms with E-state index in [4.69, 9.17) is 5.11 Å². The Hall–Kier alpha value is -1.51. The Morgan fingerprint density at radius 3 is 2.93 bits per heavy atom. The van der Waals surface area contributed by atoms with E-state index in [9.17, 15) is 4.79 Å². The number of nitrogens with zero attached hydrogens (tertiary/aromatic N) is 1. The highest BCUT2D eigenvalue weighted by Gasteiger charge is 2.28. The number of carboxylic acid groups (broad SMARTS) is 1. The number of hydrogen-bond donors (Lipinski definition) is 1. The number of benzene rings is 1. The minimum Gasteiger partial charge on any atom is -0.480 e. The molecule has 0 fully saturated rings. The van der Waals surface area contributed by atoms with E-state index in [0.29, 0.717) is 6.42 Å². The molecule has 15 heavy (non-hydrogen) atoms. The van der Waals surface area contributed by atoms with Crippen LogP contribution in [0.2, 0.25) is 0 Å². The van der Waals surface area contributed by atoms with Gasteiger partial charge in [0.1, 0.15) is 6.04 Å². The molecular formula is C12H15NO2. The van der Waals surface area contributed by atoms with Crippen molar-refractivity contribution in [3.8, 4) is 0 Å². The monoisotopic (exact) mass is 205 g/mol. The lowest BCUT2D eigenvalue weighted by Crippen LogP contribution is -2.39.